The number of H-pyrrole nitrogens is 1. The number of aromatic amines is 1. The summed E-state index contributed by atoms with van der Waals surface area (Å²) in [5.74, 6) is -0.860. The minimum Gasteiger partial charge on any atom is -0.453 e. The Balaban J connectivity index is 1.59. The van der Waals surface area contributed by atoms with Crippen LogP contribution in [0.5, 0.6) is 0 Å². The SMILES string of the molecule is COC(=O)N1CCc2c(cncc2C(=O)Nc2ccc3oc(=O)[nH]c3c2)C1. The third kappa shape index (κ3) is 3.14. The maximum atomic E-state index is 12.7. The van der Waals surface area contributed by atoms with Crippen molar-refractivity contribution in [3.63, 3.8) is 0 Å². The van der Waals surface area contributed by atoms with Crippen molar-refractivity contribution in [2.75, 3.05) is 19.0 Å². The Morgan fingerprint density at radius 2 is 2.19 bits per heavy atom. The van der Waals surface area contributed by atoms with Gasteiger partial charge in [0.1, 0.15) is 0 Å². The van der Waals surface area contributed by atoms with Gasteiger partial charge in [-0.15, -0.1) is 0 Å². The van der Waals surface area contributed by atoms with Gasteiger partial charge in [0, 0.05) is 24.6 Å². The maximum Gasteiger partial charge on any atom is 0.417 e. The van der Waals surface area contributed by atoms with Crippen LogP contribution in [0.2, 0.25) is 0 Å². The summed E-state index contributed by atoms with van der Waals surface area (Å²) >= 11 is 0. The highest BCUT2D eigenvalue weighted by Gasteiger charge is 2.25. The van der Waals surface area contributed by atoms with Crippen molar-refractivity contribution in [2.45, 2.75) is 13.0 Å². The van der Waals surface area contributed by atoms with E-state index in [-0.39, 0.29) is 5.91 Å². The lowest BCUT2D eigenvalue weighted by Crippen LogP contribution is -2.36. The second kappa shape index (κ2) is 6.60. The van der Waals surface area contributed by atoms with Crippen LogP contribution in [0.3, 0.4) is 0 Å². The van der Waals surface area contributed by atoms with Crippen LogP contribution in [-0.4, -0.2) is 40.5 Å². The lowest BCUT2D eigenvalue weighted by atomic mass is 9.97. The Hall–Kier alpha value is -3.62. The van der Waals surface area contributed by atoms with Crippen molar-refractivity contribution in [3.8, 4) is 0 Å². The number of hydrogen-bond donors (Lipinski definition) is 2. The lowest BCUT2D eigenvalue weighted by Gasteiger charge is -2.28. The molecule has 0 saturated carbocycles. The normalized spacial score (nSPS) is 13.3. The molecule has 3 aromatic rings. The summed E-state index contributed by atoms with van der Waals surface area (Å²) in [5.41, 5.74) is 3.57. The van der Waals surface area contributed by atoms with Gasteiger partial charge in [0.05, 0.1) is 24.7 Å². The molecular formula is C18H16N4O5. The number of carbonyl (C=O) groups excluding carboxylic acids is 2. The molecule has 0 unspecified atom stereocenters. The molecule has 1 aromatic carbocycles. The van der Waals surface area contributed by atoms with Gasteiger partial charge in [-0.05, 0) is 35.7 Å². The van der Waals surface area contributed by atoms with Crippen molar-refractivity contribution < 1.29 is 18.7 Å². The smallest absolute Gasteiger partial charge is 0.417 e. The number of oxazole rings is 1. The first-order valence-corrected chi connectivity index (χ1v) is 8.28. The number of benzene rings is 1. The van der Waals surface area contributed by atoms with Gasteiger partial charge in [-0.1, -0.05) is 0 Å². The summed E-state index contributed by atoms with van der Waals surface area (Å²) in [6, 6.07) is 4.88. The zero-order valence-electron chi connectivity index (χ0n) is 14.4. The highest BCUT2D eigenvalue weighted by molar-refractivity contribution is 6.06. The molecule has 1 aliphatic rings. The van der Waals surface area contributed by atoms with Crippen LogP contribution in [0.1, 0.15) is 21.5 Å². The van der Waals surface area contributed by atoms with E-state index in [1.165, 1.54) is 13.3 Å². The molecular weight excluding hydrogens is 352 g/mol. The topological polar surface area (TPSA) is 118 Å². The predicted octanol–water partition coefficient (Wildman–Crippen LogP) is 1.89. The number of nitrogens with zero attached hydrogens (tertiary/aromatic N) is 2. The summed E-state index contributed by atoms with van der Waals surface area (Å²) in [6.45, 7) is 0.810. The number of fused-ring (bicyclic) bond motifs is 2. The molecule has 0 spiro atoms. The number of hydrogen-bond acceptors (Lipinski definition) is 6. The third-order valence-corrected chi connectivity index (χ3v) is 4.49. The average Bonchev–Trinajstić information content (AvgIpc) is 3.05. The first-order valence-electron chi connectivity index (χ1n) is 8.28. The Labute approximate surface area is 152 Å². The minimum atomic E-state index is -0.551. The van der Waals surface area contributed by atoms with E-state index >= 15 is 0 Å². The fourth-order valence-corrected chi connectivity index (χ4v) is 3.20. The van der Waals surface area contributed by atoms with E-state index < -0.39 is 11.8 Å². The van der Waals surface area contributed by atoms with Gasteiger partial charge in [0.15, 0.2) is 5.58 Å². The minimum absolute atomic E-state index is 0.309. The number of amides is 2. The van der Waals surface area contributed by atoms with Crippen LogP contribution in [-0.2, 0) is 17.7 Å². The highest BCUT2D eigenvalue weighted by atomic mass is 16.5. The van der Waals surface area contributed by atoms with Gasteiger partial charge in [0.25, 0.3) is 5.91 Å². The van der Waals surface area contributed by atoms with E-state index in [2.05, 4.69) is 15.3 Å². The van der Waals surface area contributed by atoms with Crippen LogP contribution in [0.15, 0.2) is 39.8 Å². The van der Waals surface area contributed by atoms with Gasteiger partial charge in [-0.25, -0.2) is 9.59 Å². The molecule has 4 rings (SSSR count). The molecule has 138 valence electrons. The van der Waals surface area contributed by atoms with E-state index in [0.717, 1.165) is 11.1 Å². The molecule has 0 atom stereocenters. The fourth-order valence-electron chi connectivity index (χ4n) is 3.20. The molecule has 1 aliphatic heterocycles. The van der Waals surface area contributed by atoms with Crippen molar-refractivity contribution in [2.24, 2.45) is 0 Å². The number of aromatic nitrogens is 2. The molecule has 0 bridgehead atoms. The summed E-state index contributed by atoms with van der Waals surface area (Å²) in [7, 11) is 1.34. The highest BCUT2D eigenvalue weighted by Crippen LogP contribution is 2.23. The molecule has 0 fully saturated rings. The van der Waals surface area contributed by atoms with Crippen molar-refractivity contribution in [1.29, 1.82) is 0 Å². The lowest BCUT2D eigenvalue weighted by molar-refractivity contribution is 0.102. The Morgan fingerprint density at radius 1 is 1.33 bits per heavy atom. The summed E-state index contributed by atoms with van der Waals surface area (Å²) in [4.78, 5) is 44.0. The summed E-state index contributed by atoms with van der Waals surface area (Å²) in [5, 5.41) is 2.81. The molecule has 9 heteroatoms. The van der Waals surface area contributed by atoms with Crippen molar-refractivity contribution >= 4 is 28.8 Å². The molecule has 0 radical (unpaired) electrons. The molecule has 2 N–H and O–H groups in total. The number of methoxy groups -OCH3 is 1. The molecule has 2 aromatic heterocycles. The second-order valence-electron chi connectivity index (χ2n) is 6.15. The molecule has 27 heavy (non-hydrogen) atoms. The zero-order valence-corrected chi connectivity index (χ0v) is 14.4. The quantitative estimate of drug-likeness (QED) is 0.713. The predicted molar refractivity (Wildman–Crippen MR) is 95.5 cm³/mol. The molecule has 0 saturated heterocycles. The summed E-state index contributed by atoms with van der Waals surface area (Å²) in [6.07, 6.45) is 3.30. The van der Waals surface area contributed by atoms with Crippen molar-refractivity contribution in [1.82, 2.24) is 14.9 Å². The monoisotopic (exact) mass is 368 g/mol. The van der Waals surface area contributed by atoms with E-state index in [9.17, 15) is 14.4 Å². The third-order valence-electron chi connectivity index (χ3n) is 4.49. The van der Waals surface area contributed by atoms with Crippen LogP contribution < -0.4 is 11.1 Å². The number of carbonyl (C=O) groups is 2. The second-order valence-corrected chi connectivity index (χ2v) is 6.15. The Kier molecular flexibility index (Phi) is 4.11. The van der Waals surface area contributed by atoms with Gasteiger partial charge >= 0.3 is 11.8 Å². The van der Waals surface area contributed by atoms with Crippen LogP contribution in [0.25, 0.3) is 11.1 Å². The van der Waals surface area contributed by atoms with Gasteiger partial charge in [0.2, 0.25) is 0 Å². The Morgan fingerprint density at radius 3 is 3.00 bits per heavy atom. The number of rotatable bonds is 2. The largest absolute Gasteiger partial charge is 0.453 e. The summed E-state index contributed by atoms with van der Waals surface area (Å²) < 4.78 is 9.70. The standard InChI is InChI=1S/C18H16N4O5/c1-26-18(25)22-5-4-12-10(9-22)7-19-8-13(12)16(23)20-11-2-3-15-14(6-11)21-17(24)27-15/h2-3,6-8H,4-5,9H2,1H3,(H,20,23)(H,21,24). The number of ether oxygens (including phenoxy) is 1. The maximum absolute atomic E-state index is 12.7. The molecule has 2 amide bonds. The van der Waals surface area contributed by atoms with Gasteiger partial charge in [-0.2, -0.15) is 0 Å². The molecule has 0 aliphatic carbocycles. The van der Waals surface area contributed by atoms with E-state index in [1.54, 1.807) is 29.3 Å². The Bertz CT molecular complexity index is 1100. The van der Waals surface area contributed by atoms with Crippen LogP contribution >= 0.6 is 0 Å². The first kappa shape index (κ1) is 16.8. The molecule has 3 heterocycles. The van der Waals surface area contributed by atoms with E-state index in [0.29, 0.717) is 41.9 Å². The van der Waals surface area contributed by atoms with Crippen molar-refractivity contribution in [3.05, 3.63) is 57.8 Å². The van der Waals surface area contributed by atoms with Gasteiger partial charge in [-0.3, -0.25) is 14.8 Å². The number of nitrogens with one attached hydrogen (secondary N) is 2. The molecule has 9 nitrogen and oxygen atoms in total. The zero-order chi connectivity index (χ0) is 19.0. The average molecular weight is 368 g/mol. The van der Waals surface area contributed by atoms with E-state index in [4.69, 9.17) is 9.15 Å². The van der Waals surface area contributed by atoms with Crippen LogP contribution in [0, 0.1) is 0 Å². The fraction of sp³-hybridized carbons (Fsp3) is 0.222. The first-order chi connectivity index (χ1) is 13.0. The van der Waals surface area contributed by atoms with E-state index in [1.807, 2.05) is 0 Å². The number of anilines is 1. The van der Waals surface area contributed by atoms with Crippen LogP contribution in [0.4, 0.5) is 10.5 Å². The number of pyridine rings is 1. The van der Waals surface area contributed by atoms with Gasteiger partial charge < -0.3 is 19.4 Å².